The first kappa shape index (κ1) is 22.8. The van der Waals surface area contributed by atoms with Crippen LogP contribution in [0.5, 0.6) is 0 Å². The number of hydrogen-bond acceptors (Lipinski definition) is 8. The number of thiophene rings is 1. The molecule has 2 atom stereocenters. The van der Waals surface area contributed by atoms with Gasteiger partial charge < -0.3 is 14.8 Å². The SMILES string of the molecule is CCNC1CC(COCCOC)S(=O)(=O)c2sc(S(N)(=O)=O)cc21.Cl. The summed E-state index contributed by atoms with van der Waals surface area (Å²) < 4.78 is 58.9. The van der Waals surface area contributed by atoms with Gasteiger partial charge in [0.15, 0.2) is 9.84 Å². The number of sulfone groups is 1. The van der Waals surface area contributed by atoms with E-state index in [2.05, 4.69) is 5.32 Å². The van der Waals surface area contributed by atoms with Crippen LogP contribution < -0.4 is 10.5 Å². The number of fused-ring (bicyclic) bond motifs is 1. The fourth-order valence-electron chi connectivity index (χ4n) is 2.59. The third-order valence-corrected chi connectivity index (χ3v) is 9.01. The number of primary sulfonamides is 1. The topological polar surface area (TPSA) is 125 Å². The van der Waals surface area contributed by atoms with E-state index in [1.807, 2.05) is 6.92 Å². The van der Waals surface area contributed by atoms with Crippen molar-refractivity contribution in [1.82, 2.24) is 5.32 Å². The Balaban J connectivity index is 0.00000312. The monoisotopic (exact) mass is 434 g/mol. The van der Waals surface area contributed by atoms with Crippen molar-refractivity contribution in [3.63, 3.8) is 0 Å². The third-order valence-electron chi connectivity index (χ3n) is 3.74. The van der Waals surface area contributed by atoms with Crippen LogP contribution in [0.25, 0.3) is 0 Å². The second kappa shape index (κ2) is 9.09. The molecule has 0 saturated heterocycles. The molecule has 0 amide bonds. The van der Waals surface area contributed by atoms with Gasteiger partial charge >= 0.3 is 0 Å². The summed E-state index contributed by atoms with van der Waals surface area (Å²) in [6.45, 7) is 3.24. The van der Waals surface area contributed by atoms with Gasteiger partial charge in [-0.15, -0.1) is 23.7 Å². The maximum absolute atomic E-state index is 12.8. The highest BCUT2D eigenvalue weighted by atomic mass is 35.5. The normalized spacial score (nSPS) is 22.2. The predicted molar refractivity (Wildman–Crippen MR) is 97.6 cm³/mol. The highest BCUT2D eigenvalue weighted by Crippen LogP contribution is 2.42. The lowest BCUT2D eigenvalue weighted by atomic mass is 10.0. The lowest BCUT2D eigenvalue weighted by molar-refractivity contribution is 0.0685. The van der Waals surface area contributed by atoms with Gasteiger partial charge in [-0.05, 0) is 19.0 Å². The minimum absolute atomic E-state index is 0. The Labute approximate surface area is 158 Å². The average Bonchev–Trinajstić information content (AvgIpc) is 2.95. The van der Waals surface area contributed by atoms with Crippen LogP contribution >= 0.6 is 23.7 Å². The molecule has 2 rings (SSSR count). The molecule has 0 spiro atoms. The lowest BCUT2D eigenvalue weighted by Crippen LogP contribution is -2.37. The Morgan fingerprint density at radius 3 is 2.64 bits per heavy atom. The van der Waals surface area contributed by atoms with Crippen molar-refractivity contribution in [1.29, 1.82) is 0 Å². The molecule has 1 aliphatic heterocycles. The summed E-state index contributed by atoms with van der Waals surface area (Å²) in [6.07, 6.45) is 0.316. The van der Waals surface area contributed by atoms with Crippen LogP contribution in [0.3, 0.4) is 0 Å². The Kier molecular flexibility index (Phi) is 8.28. The molecule has 0 bridgehead atoms. The van der Waals surface area contributed by atoms with Crippen molar-refractivity contribution < 1.29 is 26.3 Å². The standard InChI is InChI=1S/C13H22N2O6S3.ClH/c1-3-15-11-6-9(8-21-5-4-20-2)23(16,17)13-10(11)7-12(22-13)24(14,18)19;/h7,9,11,15H,3-6,8H2,1-2H3,(H2,14,18,19);1H. The van der Waals surface area contributed by atoms with Crippen molar-refractivity contribution in [2.75, 3.05) is 33.5 Å². The molecule has 0 saturated carbocycles. The summed E-state index contributed by atoms with van der Waals surface area (Å²) in [5, 5.41) is 7.62. The molecular weight excluding hydrogens is 412 g/mol. The number of methoxy groups -OCH3 is 1. The largest absolute Gasteiger partial charge is 0.382 e. The summed E-state index contributed by atoms with van der Waals surface area (Å²) in [4.78, 5) is 0. The van der Waals surface area contributed by atoms with Crippen molar-refractivity contribution in [2.45, 2.75) is 33.1 Å². The smallest absolute Gasteiger partial charge is 0.247 e. The first-order chi connectivity index (χ1) is 11.2. The Bertz CT molecular complexity index is 778. The van der Waals surface area contributed by atoms with E-state index in [0.29, 0.717) is 43.1 Å². The molecule has 1 aromatic rings. The quantitative estimate of drug-likeness (QED) is 0.576. The fraction of sp³-hybridized carbons (Fsp3) is 0.692. The van der Waals surface area contributed by atoms with Crippen LogP contribution in [0.4, 0.5) is 0 Å². The summed E-state index contributed by atoms with van der Waals surface area (Å²) in [6, 6.07) is 1.11. The molecule has 1 aliphatic rings. The highest BCUT2D eigenvalue weighted by molar-refractivity contribution is 7.95. The highest BCUT2D eigenvalue weighted by Gasteiger charge is 2.41. The zero-order valence-corrected chi connectivity index (χ0v) is 17.2. The van der Waals surface area contributed by atoms with Crippen LogP contribution in [0.1, 0.15) is 24.9 Å². The van der Waals surface area contributed by atoms with Gasteiger partial charge in [0.2, 0.25) is 10.0 Å². The van der Waals surface area contributed by atoms with E-state index in [-0.39, 0.29) is 33.5 Å². The van der Waals surface area contributed by atoms with Crippen LogP contribution in [-0.4, -0.2) is 55.6 Å². The van der Waals surface area contributed by atoms with Gasteiger partial charge in [-0.2, -0.15) is 0 Å². The maximum atomic E-state index is 12.8. The summed E-state index contributed by atoms with van der Waals surface area (Å²) in [7, 11) is -6.08. The van der Waals surface area contributed by atoms with E-state index in [0.717, 1.165) is 0 Å². The maximum Gasteiger partial charge on any atom is 0.247 e. The van der Waals surface area contributed by atoms with Gasteiger partial charge in [-0.25, -0.2) is 22.0 Å². The van der Waals surface area contributed by atoms with E-state index in [9.17, 15) is 16.8 Å². The summed E-state index contributed by atoms with van der Waals surface area (Å²) in [5.41, 5.74) is 0.471. The molecule has 12 heteroatoms. The van der Waals surface area contributed by atoms with Gasteiger partial charge in [0.05, 0.1) is 25.1 Å². The molecule has 2 heterocycles. The third kappa shape index (κ3) is 5.13. The first-order valence-corrected chi connectivity index (χ1v) is 11.3. The second-order valence-electron chi connectivity index (χ2n) is 5.43. The van der Waals surface area contributed by atoms with Gasteiger partial charge in [-0.1, -0.05) is 6.92 Å². The number of ether oxygens (including phenoxy) is 2. The lowest BCUT2D eigenvalue weighted by Gasteiger charge is -2.29. The molecule has 1 aromatic heterocycles. The summed E-state index contributed by atoms with van der Waals surface area (Å²) >= 11 is 0.705. The van der Waals surface area contributed by atoms with E-state index in [1.54, 1.807) is 0 Å². The molecule has 8 nitrogen and oxygen atoms in total. The van der Waals surface area contributed by atoms with Crippen molar-refractivity contribution in [2.24, 2.45) is 5.14 Å². The number of sulfonamides is 1. The minimum Gasteiger partial charge on any atom is -0.382 e. The van der Waals surface area contributed by atoms with Gasteiger partial charge in [0.1, 0.15) is 8.42 Å². The average molecular weight is 435 g/mol. The molecule has 0 aromatic carbocycles. The van der Waals surface area contributed by atoms with Gasteiger partial charge in [0.25, 0.3) is 0 Å². The first-order valence-electron chi connectivity index (χ1n) is 7.42. The predicted octanol–water partition coefficient (Wildman–Crippen LogP) is 0.677. The van der Waals surface area contributed by atoms with Crippen LogP contribution in [0, 0.1) is 0 Å². The number of rotatable bonds is 8. The van der Waals surface area contributed by atoms with Crippen LogP contribution in [0.15, 0.2) is 14.5 Å². The zero-order valence-electron chi connectivity index (χ0n) is 13.9. The van der Waals surface area contributed by atoms with Crippen LogP contribution in [0.2, 0.25) is 0 Å². The van der Waals surface area contributed by atoms with E-state index in [1.165, 1.54) is 13.2 Å². The molecule has 146 valence electrons. The second-order valence-corrected chi connectivity index (χ2v) is 10.7. The number of nitrogens with one attached hydrogen (secondary N) is 1. The molecule has 3 N–H and O–H groups in total. The molecule has 0 aliphatic carbocycles. The molecule has 0 radical (unpaired) electrons. The molecule has 0 fully saturated rings. The summed E-state index contributed by atoms with van der Waals surface area (Å²) in [5.74, 6) is 0. The molecule has 25 heavy (non-hydrogen) atoms. The molecular formula is C13H23ClN2O6S3. The van der Waals surface area contributed by atoms with Crippen molar-refractivity contribution >= 4 is 43.6 Å². The van der Waals surface area contributed by atoms with E-state index >= 15 is 0 Å². The van der Waals surface area contributed by atoms with Crippen molar-refractivity contribution in [3.05, 3.63) is 11.6 Å². The Morgan fingerprint density at radius 2 is 2.08 bits per heavy atom. The fourth-order valence-corrected chi connectivity index (χ4v) is 7.14. The Morgan fingerprint density at radius 1 is 1.40 bits per heavy atom. The number of halogens is 1. The minimum atomic E-state index is -3.95. The number of hydrogen-bond donors (Lipinski definition) is 2. The van der Waals surface area contributed by atoms with E-state index in [4.69, 9.17) is 14.6 Å². The van der Waals surface area contributed by atoms with E-state index < -0.39 is 25.1 Å². The zero-order chi connectivity index (χ0) is 18.0. The Hall–Kier alpha value is -0.270. The molecule has 2 unspecified atom stereocenters. The van der Waals surface area contributed by atoms with Gasteiger partial charge in [-0.3, -0.25) is 0 Å². The van der Waals surface area contributed by atoms with Crippen molar-refractivity contribution in [3.8, 4) is 0 Å². The van der Waals surface area contributed by atoms with Crippen LogP contribution in [-0.2, 0) is 29.3 Å². The number of nitrogens with two attached hydrogens (primary N) is 1. The van der Waals surface area contributed by atoms with Gasteiger partial charge in [0, 0.05) is 18.7 Å².